The standard InChI is InChI=1S/C23H18N2O4.C18H19NO2.C17H21N3O2S.C16H16O2S.C15H14O2S/c1-28-17-8-3-14(4-9-17)21-22(15-5-10-18(29-2)11-6-15)25-20-13-16(23(26)27)7-12-19(20)24-21;1-12-8-9-17(21-2)16(10-12)19-18(20)15-11-14(15)13-6-4-3-5-7-13;18-10-14-12-6-2-3-7-13(12)16(20-8-4-1-5-9-20)19-17(14)23-11-15(21)22;1-3-12-8-11(2)9-14-10-13-6-4-5-7-15(13)19(17,18)16(12)14;1-10-7-11(2)15-13(8-10)9-12-5-3-4-6-14(12)18(15,16)17/h3-13H,1-2H3,(H,26,27);3-10,14-15H,11H2,1-2H3,(H,19,20);1-9,11H2,(H,21,22);4-9H,3,10H2,1-2H3;3-8H,9H2,1-2H3. The van der Waals surface area contributed by atoms with Crippen LogP contribution in [0.2, 0.25) is 0 Å². The van der Waals surface area contributed by atoms with Gasteiger partial charge in [0, 0.05) is 43.0 Å². The van der Waals surface area contributed by atoms with E-state index in [0.717, 1.165) is 141 Å². The van der Waals surface area contributed by atoms with E-state index in [0.29, 0.717) is 77.1 Å². The van der Waals surface area contributed by atoms with Crippen molar-refractivity contribution in [3.63, 3.8) is 0 Å². The average Bonchev–Trinajstić information content (AvgIpc) is 1.02. The summed E-state index contributed by atoms with van der Waals surface area (Å²) in [5.74, 6) is 1.75. The second-order valence-electron chi connectivity index (χ2n) is 28.0. The summed E-state index contributed by atoms with van der Waals surface area (Å²) < 4.78 is 66.6. The molecule has 1 saturated heterocycles. The monoisotopic (exact) mass is 1530 g/mol. The largest absolute Gasteiger partial charge is 0.497 e. The zero-order chi connectivity index (χ0) is 78.0. The second kappa shape index (κ2) is 34.6. The number of fused-ring (bicyclic) bond motifs is 6. The summed E-state index contributed by atoms with van der Waals surface area (Å²) in [5, 5.41) is 31.4. The summed E-state index contributed by atoms with van der Waals surface area (Å²) in [7, 11) is -1.86. The van der Waals surface area contributed by atoms with Crippen molar-refractivity contribution in [1.82, 2.24) is 15.0 Å². The first-order valence-corrected chi connectivity index (χ1v) is 40.8. The fourth-order valence-corrected chi connectivity index (χ4v) is 19.6. The molecule has 5 aliphatic rings. The van der Waals surface area contributed by atoms with Crippen LogP contribution < -0.4 is 24.4 Å². The molecule has 18 nitrogen and oxygen atoms in total. The van der Waals surface area contributed by atoms with Gasteiger partial charge in [0.05, 0.1) is 85.9 Å². The molecule has 2 unspecified atom stereocenters. The van der Waals surface area contributed by atoms with Crippen LogP contribution in [0.4, 0.5) is 11.5 Å². The number of carboxylic acid groups (broad SMARTS) is 2. The number of amides is 1. The first-order valence-electron chi connectivity index (χ1n) is 36.8. The predicted molar refractivity (Wildman–Crippen MR) is 430 cm³/mol. The fourth-order valence-electron chi connectivity index (χ4n) is 15.0. The minimum atomic E-state index is -3.36. The van der Waals surface area contributed by atoms with E-state index >= 15 is 0 Å². The Kier molecular flexibility index (Phi) is 24.7. The molecule has 2 fully saturated rings. The number of pyridine rings is 1. The highest BCUT2D eigenvalue weighted by Crippen LogP contribution is 2.49. The summed E-state index contributed by atoms with van der Waals surface area (Å²) in [6.45, 7) is 11.9. The Bertz CT molecular complexity index is 5570. The van der Waals surface area contributed by atoms with Gasteiger partial charge in [-0.2, -0.15) is 5.26 Å². The second-order valence-corrected chi connectivity index (χ2v) is 32.6. The van der Waals surface area contributed by atoms with Crippen LogP contribution >= 0.6 is 11.8 Å². The number of hydrogen-bond donors (Lipinski definition) is 3. The molecule has 110 heavy (non-hydrogen) atoms. The van der Waals surface area contributed by atoms with Crippen molar-refractivity contribution < 1.29 is 55.6 Å². The van der Waals surface area contributed by atoms with Gasteiger partial charge >= 0.3 is 11.9 Å². The van der Waals surface area contributed by atoms with Crippen molar-refractivity contribution >= 4 is 71.8 Å². The predicted octanol–water partition coefficient (Wildman–Crippen LogP) is 17.8. The Hall–Kier alpha value is -11.2. The maximum atomic E-state index is 12.8. The topological polar surface area (TPSA) is 265 Å². The smallest absolute Gasteiger partial charge is 0.335 e. The molecule has 9 aromatic carbocycles. The fraction of sp³-hybridized carbons (Fsp3) is 0.270. The lowest BCUT2D eigenvalue weighted by molar-refractivity contribution is -0.134. The van der Waals surface area contributed by atoms with Crippen LogP contribution in [0, 0.1) is 44.9 Å². The van der Waals surface area contributed by atoms with Gasteiger partial charge in [0.15, 0.2) is 0 Å². The number of methoxy groups -OCH3 is 3. The number of carbonyl (C=O) groups is 3. The number of anilines is 2. The van der Waals surface area contributed by atoms with Crippen molar-refractivity contribution in [2.75, 3.05) is 50.4 Å². The number of hydrogen-bond acceptors (Lipinski definition) is 16. The number of aromatic carboxylic acids is 1. The third-order valence-corrected chi connectivity index (χ3v) is 25.4. The van der Waals surface area contributed by atoms with Crippen molar-refractivity contribution in [2.24, 2.45) is 5.92 Å². The molecule has 16 rings (SSSR count). The molecule has 0 spiro atoms. The Morgan fingerprint density at radius 1 is 0.582 bits per heavy atom. The number of benzene rings is 9. The van der Waals surface area contributed by atoms with Gasteiger partial charge in [-0.3, -0.25) is 9.59 Å². The lowest BCUT2D eigenvalue weighted by atomic mass is 9.89. The molecule has 564 valence electrons. The van der Waals surface area contributed by atoms with Gasteiger partial charge in [-0.25, -0.2) is 36.6 Å². The van der Waals surface area contributed by atoms with E-state index in [4.69, 9.17) is 34.3 Å². The molecule has 5 heterocycles. The molecular weight excluding hydrogens is 1440 g/mol. The van der Waals surface area contributed by atoms with Gasteiger partial charge in [0.25, 0.3) is 0 Å². The molecule has 2 aromatic heterocycles. The maximum absolute atomic E-state index is 12.8. The third-order valence-electron chi connectivity index (χ3n) is 20.3. The number of aromatic nitrogens is 3. The van der Waals surface area contributed by atoms with Crippen LogP contribution in [-0.4, -0.2) is 100 Å². The van der Waals surface area contributed by atoms with Gasteiger partial charge in [0.1, 0.15) is 34.2 Å². The van der Waals surface area contributed by atoms with Crippen LogP contribution in [0.3, 0.4) is 0 Å². The van der Waals surface area contributed by atoms with Gasteiger partial charge in [-0.1, -0.05) is 127 Å². The molecule has 1 amide bonds. The molecular formula is C89H88N6O12S3. The number of aryl methyl sites for hydroxylation is 5. The highest BCUT2D eigenvalue weighted by molar-refractivity contribution is 8.00. The van der Waals surface area contributed by atoms with Gasteiger partial charge < -0.3 is 34.6 Å². The minimum absolute atomic E-state index is 0.0556. The lowest BCUT2D eigenvalue weighted by Crippen LogP contribution is -2.32. The molecule has 0 bridgehead atoms. The molecule has 21 heteroatoms. The van der Waals surface area contributed by atoms with E-state index in [1.165, 1.54) is 54.3 Å². The Labute approximate surface area is 647 Å². The van der Waals surface area contributed by atoms with E-state index in [-0.39, 0.29) is 23.1 Å². The highest BCUT2D eigenvalue weighted by Gasteiger charge is 2.44. The molecule has 0 radical (unpaired) electrons. The van der Waals surface area contributed by atoms with Crippen molar-refractivity contribution in [3.8, 4) is 45.8 Å². The zero-order valence-corrected chi connectivity index (χ0v) is 65.3. The summed E-state index contributed by atoms with van der Waals surface area (Å²) in [5.41, 5.74) is 18.1. The molecule has 1 saturated carbocycles. The first-order chi connectivity index (χ1) is 53.0. The minimum Gasteiger partial charge on any atom is -0.497 e. The van der Waals surface area contributed by atoms with Gasteiger partial charge in [0.2, 0.25) is 25.6 Å². The zero-order valence-electron chi connectivity index (χ0n) is 62.9. The van der Waals surface area contributed by atoms with Crippen LogP contribution in [-0.2, 0) is 61.4 Å². The third kappa shape index (κ3) is 17.6. The van der Waals surface area contributed by atoms with E-state index in [2.05, 4.69) is 28.4 Å². The summed E-state index contributed by atoms with van der Waals surface area (Å²) >= 11 is 1.17. The summed E-state index contributed by atoms with van der Waals surface area (Å²) in [6, 6.07) is 60.6. The number of piperidine rings is 1. The van der Waals surface area contributed by atoms with Crippen molar-refractivity contribution in [3.05, 3.63) is 266 Å². The van der Waals surface area contributed by atoms with Crippen molar-refractivity contribution in [2.45, 2.75) is 136 Å². The quantitative estimate of drug-likeness (QED) is 0.0854. The van der Waals surface area contributed by atoms with Gasteiger partial charge in [-0.05, 0) is 238 Å². The summed E-state index contributed by atoms with van der Waals surface area (Å²) in [6.07, 6.45) is 10.8. The van der Waals surface area contributed by atoms with Crippen LogP contribution in [0.5, 0.6) is 17.2 Å². The Morgan fingerprint density at radius 2 is 1.15 bits per heavy atom. The first kappa shape index (κ1) is 78.4. The van der Waals surface area contributed by atoms with E-state index < -0.39 is 31.6 Å². The van der Waals surface area contributed by atoms with Crippen LogP contribution in [0.25, 0.3) is 33.5 Å². The SMILES string of the molecule is CCc1cc(C)cc2c1S(=O)(=O)c1ccccc1C2.COc1ccc(-c2nc3ccc(C(=O)O)cc3nc2-c2ccc(OC)cc2)cc1.COc1ccc(C)cc1NC(=O)C1CC1c1ccccc1.Cc1cc(C)c2c(c1)Cc1ccccc1S2(=O)=O.N#Cc1c(SCC(=O)O)nc(N2CCCCC2)c2c1CCCC2. The number of rotatable bonds is 14. The summed E-state index contributed by atoms with van der Waals surface area (Å²) in [4.78, 5) is 53.3. The van der Waals surface area contributed by atoms with Crippen LogP contribution in [0.1, 0.15) is 134 Å². The molecule has 3 N–H and O–H groups in total. The van der Waals surface area contributed by atoms with E-state index in [1.807, 2.05) is 168 Å². The van der Waals surface area contributed by atoms with Crippen molar-refractivity contribution in [1.29, 1.82) is 5.26 Å². The van der Waals surface area contributed by atoms with E-state index in [9.17, 15) is 41.6 Å². The number of carboxylic acids is 2. The number of carbonyl (C=O) groups excluding carboxylic acids is 1. The number of sulfone groups is 2. The van der Waals surface area contributed by atoms with Crippen LogP contribution in [0.15, 0.2) is 213 Å². The Morgan fingerprint density at radius 3 is 1.72 bits per heavy atom. The molecule has 11 aromatic rings. The van der Waals surface area contributed by atoms with E-state index in [1.54, 1.807) is 51.7 Å². The number of nitrogens with zero attached hydrogens (tertiary/aromatic N) is 5. The maximum Gasteiger partial charge on any atom is 0.335 e. The highest BCUT2D eigenvalue weighted by atomic mass is 32.2. The molecule has 2 atom stereocenters. The molecule has 2 aliphatic carbocycles. The number of aliphatic carboxylic acids is 1. The average molecular weight is 1530 g/mol. The van der Waals surface area contributed by atoms with Gasteiger partial charge in [-0.15, -0.1) is 0 Å². The number of thioether (sulfide) groups is 1. The lowest BCUT2D eigenvalue weighted by Gasteiger charge is -2.32. The number of ether oxygens (including phenoxy) is 3. The molecule has 3 aliphatic heterocycles. The Balaban J connectivity index is 0.000000129. The number of nitrogens with one attached hydrogen (secondary N) is 1. The number of nitriles is 1. The normalized spacial score (nSPS) is 15.6.